The van der Waals surface area contributed by atoms with Crippen LogP contribution in [0.5, 0.6) is 5.88 Å². The Morgan fingerprint density at radius 1 is 1.29 bits per heavy atom. The van der Waals surface area contributed by atoms with Crippen LogP contribution in [-0.2, 0) is 4.74 Å². The Bertz CT molecular complexity index is 606. The van der Waals surface area contributed by atoms with Crippen LogP contribution >= 0.6 is 15.9 Å². The van der Waals surface area contributed by atoms with Crippen LogP contribution in [0.3, 0.4) is 0 Å². The Morgan fingerprint density at radius 3 is 2.86 bits per heavy atom. The number of nitrogens with zero attached hydrogens (tertiary/aromatic N) is 3. The molecule has 0 saturated carbocycles. The molecule has 1 unspecified atom stereocenters. The van der Waals surface area contributed by atoms with Gasteiger partial charge in [0.15, 0.2) is 0 Å². The van der Waals surface area contributed by atoms with E-state index in [2.05, 4.69) is 42.9 Å². The van der Waals surface area contributed by atoms with Crippen molar-refractivity contribution in [1.82, 2.24) is 9.97 Å². The third-order valence-electron chi connectivity index (χ3n) is 3.42. The number of ether oxygens (including phenoxy) is 2. The number of methoxy groups -OCH3 is 1. The first-order chi connectivity index (χ1) is 10.3. The van der Waals surface area contributed by atoms with E-state index in [1.165, 1.54) is 0 Å². The highest BCUT2D eigenvalue weighted by molar-refractivity contribution is 9.10. The summed E-state index contributed by atoms with van der Waals surface area (Å²) < 4.78 is 12.1. The molecule has 2 aromatic rings. The second kappa shape index (κ2) is 6.41. The van der Waals surface area contributed by atoms with Gasteiger partial charge in [0.05, 0.1) is 20.3 Å². The van der Waals surface area contributed by atoms with E-state index in [-0.39, 0.29) is 6.10 Å². The third kappa shape index (κ3) is 3.33. The number of aromatic nitrogens is 2. The molecule has 1 saturated heterocycles. The van der Waals surface area contributed by atoms with Crippen molar-refractivity contribution in [2.75, 3.05) is 31.7 Å². The lowest BCUT2D eigenvalue weighted by Crippen LogP contribution is -2.39. The van der Waals surface area contributed by atoms with Crippen molar-refractivity contribution in [3.05, 3.63) is 46.6 Å². The molecule has 2 heterocycles. The van der Waals surface area contributed by atoms with Gasteiger partial charge in [-0.15, -0.1) is 0 Å². The summed E-state index contributed by atoms with van der Waals surface area (Å²) in [6.45, 7) is 2.16. The summed E-state index contributed by atoms with van der Waals surface area (Å²) >= 11 is 3.45. The summed E-state index contributed by atoms with van der Waals surface area (Å²) in [6.07, 6.45) is 1.74. The van der Waals surface area contributed by atoms with Crippen molar-refractivity contribution >= 4 is 21.9 Å². The fourth-order valence-corrected chi connectivity index (χ4v) is 2.57. The first kappa shape index (κ1) is 14.3. The van der Waals surface area contributed by atoms with Crippen molar-refractivity contribution in [3.8, 4) is 5.88 Å². The van der Waals surface area contributed by atoms with Crippen molar-refractivity contribution in [3.63, 3.8) is 0 Å². The molecule has 0 bridgehead atoms. The minimum atomic E-state index is 0.0293. The molecule has 1 aromatic heterocycles. The maximum atomic E-state index is 5.87. The number of hydrogen-bond donors (Lipinski definition) is 0. The SMILES string of the molecule is COc1ccnc(N2CCOC(c3ccc(Br)cc3)C2)n1. The molecule has 1 aliphatic heterocycles. The minimum absolute atomic E-state index is 0.0293. The standard InChI is InChI=1S/C15H16BrN3O2/c1-20-14-6-7-17-15(18-14)19-8-9-21-13(10-19)11-2-4-12(16)5-3-11/h2-7,13H,8-10H2,1H3. The number of rotatable bonds is 3. The highest BCUT2D eigenvalue weighted by Gasteiger charge is 2.23. The zero-order valence-corrected chi connectivity index (χ0v) is 13.3. The van der Waals surface area contributed by atoms with Gasteiger partial charge in [-0.3, -0.25) is 0 Å². The van der Waals surface area contributed by atoms with Gasteiger partial charge in [-0.2, -0.15) is 4.98 Å². The van der Waals surface area contributed by atoms with Gasteiger partial charge < -0.3 is 14.4 Å². The predicted octanol–water partition coefficient (Wildman–Crippen LogP) is 2.83. The molecule has 3 rings (SSSR count). The Morgan fingerprint density at radius 2 is 2.10 bits per heavy atom. The highest BCUT2D eigenvalue weighted by atomic mass is 79.9. The molecule has 21 heavy (non-hydrogen) atoms. The monoisotopic (exact) mass is 349 g/mol. The topological polar surface area (TPSA) is 47.5 Å². The van der Waals surface area contributed by atoms with Crippen LogP contribution in [0.2, 0.25) is 0 Å². The molecule has 0 spiro atoms. The Kier molecular flexibility index (Phi) is 4.36. The molecular weight excluding hydrogens is 334 g/mol. The van der Waals surface area contributed by atoms with Crippen molar-refractivity contribution in [2.45, 2.75) is 6.10 Å². The Labute approximate surface area is 132 Å². The van der Waals surface area contributed by atoms with E-state index in [9.17, 15) is 0 Å². The number of morpholine rings is 1. The zero-order valence-electron chi connectivity index (χ0n) is 11.7. The molecule has 110 valence electrons. The van der Waals surface area contributed by atoms with Crippen molar-refractivity contribution < 1.29 is 9.47 Å². The summed E-state index contributed by atoms with van der Waals surface area (Å²) in [5, 5.41) is 0. The van der Waals surface area contributed by atoms with Gasteiger partial charge in [-0.25, -0.2) is 4.98 Å². The minimum Gasteiger partial charge on any atom is -0.481 e. The van der Waals surface area contributed by atoms with E-state index >= 15 is 0 Å². The lowest BCUT2D eigenvalue weighted by molar-refractivity contribution is 0.0392. The summed E-state index contributed by atoms with van der Waals surface area (Å²) in [5.41, 5.74) is 1.16. The second-order valence-electron chi connectivity index (χ2n) is 4.76. The third-order valence-corrected chi connectivity index (χ3v) is 3.95. The molecule has 0 N–H and O–H groups in total. The quantitative estimate of drug-likeness (QED) is 0.852. The molecule has 0 radical (unpaired) electrons. The van der Waals surface area contributed by atoms with E-state index in [0.717, 1.165) is 23.1 Å². The van der Waals surface area contributed by atoms with Crippen molar-refractivity contribution in [1.29, 1.82) is 0 Å². The lowest BCUT2D eigenvalue weighted by Gasteiger charge is -2.33. The summed E-state index contributed by atoms with van der Waals surface area (Å²) in [5.74, 6) is 1.26. The smallest absolute Gasteiger partial charge is 0.228 e. The van der Waals surface area contributed by atoms with Crippen LogP contribution in [0.4, 0.5) is 5.95 Å². The largest absolute Gasteiger partial charge is 0.481 e. The van der Waals surface area contributed by atoms with E-state index in [0.29, 0.717) is 18.4 Å². The molecule has 5 nitrogen and oxygen atoms in total. The molecule has 1 aliphatic rings. The molecular formula is C15H16BrN3O2. The normalized spacial score (nSPS) is 18.6. The van der Waals surface area contributed by atoms with Gasteiger partial charge in [0, 0.05) is 23.3 Å². The number of benzene rings is 1. The first-order valence-corrected chi connectivity index (χ1v) is 7.54. The molecule has 0 amide bonds. The predicted molar refractivity (Wildman–Crippen MR) is 83.6 cm³/mol. The highest BCUT2D eigenvalue weighted by Crippen LogP contribution is 2.26. The Balaban J connectivity index is 1.77. The van der Waals surface area contributed by atoms with Crippen LogP contribution < -0.4 is 9.64 Å². The van der Waals surface area contributed by atoms with E-state index in [1.807, 2.05) is 12.1 Å². The number of hydrogen-bond acceptors (Lipinski definition) is 5. The fourth-order valence-electron chi connectivity index (χ4n) is 2.31. The van der Waals surface area contributed by atoms with Crippen LogP contribution in [-0.4, -0.2) is 36.8 Å². The van der Waals surface area contributed by atoms with E-state index < -0.39 is 0 Å². The van der Waals surface area contributed by atoms with Crippen LogP contribution in [0.25, 0.3) is 0 Å². The molecule has 6 heteroatoms. The van der Waals surface area contributed by atoms with Gasteiger partial charge >= 0.3 is 0 Å². The number of anilines is 1. The van der Waals surface area contributed by atoms with E-state index in [4.69, 9.17) is 9.47 Å². The zero-order chi connectivity index (χ0) is 14.7. The summed E-state index contributed by atoms with van der Waals surface area (Å²) in [7, 11) is 1.61. The fraction of sp³-hybridized carbons (Fsp3) is 0.333. The van der Waals surface area contributed by atoms with Gasteiger partial charge in [0.2, 0.25) is 11.8 Å². The molecule has 1 aromatic carbocycles. The molecule has 1 fully saturated rings. The van der Waals surface area contributed by atoms with Crippen LogP contribution in [0.1, 0.15) is 11.7 Å². The van der Waals surface area contributed by atoms with Gasteiger partial charge in [-0.1, -0.05) is 28.1 Å². The maximum Gasteiger partial charge on any atom is 0.228 e. The second-order valence-corrected chi connectivity index (χ2v) is 5.67. The summed E-state index contributed by atoms with van der Waals surface area (Å²) in [4.78, 5) is 10.8. The average molecular weight is 350 g/mol. The number of halogens is 1. The van der Waals surface area contributed by atoms with E-state index in [1.54, 1.807) is 19.4 Å². The summed E-state index contributed by atoms with van der Waals surface area (Å²) in [6, 6.07) is 9.95. The van der Waals surface area contributed by atoms with Gasteiger partial charge in [0.1, 0.15) is 6.10 Å². The van der Waals surface area contributed by atoms with Gasteiger partial charge in [0.25, 0.3) is 0 Å². The van der Waals surface area contributed by atoms with Crippen LogP contribution in [0, 0.1) is 0 Å². The Hall–Kier alpha value is -1.66. The lowest BCUT2D eigenvalue weighted by atomic mass is 10.1. The van der Waals surface area contributed by atoms with Gasteiger partial charge in [-0.05, 0) is 17.7 Å². The molecule has 1 atom stereocenters. The molecule has 0 aliphatic carbocycles. The van der Waals surface area contributed by atoms with Crippen molar-refractivity contribution in [2.24, 2.45) is 0 Å². The first-order valence-electron chi connectivity index (χ1n) is 6.75. The van der Waals surface area contributed by atoms with Crippen LogP contribution in [0.15, 0.2) is 41.0 Å². The average Bonchev–Trinajstić information content (AvgIpc) is 2.56. The maximum absolute atomic E-state index is 5.87.